The van der Waals surface area contributed by atoms with Crippen molar-refractivity contribution in [2.24, 2.45) is 0 Å². The largest absolute Gasteiger partial charge is 0.455 e. The Kier molecular flexibility index (Phi) is 6.25. The van der Waals surface area contributed by atoms with Crippen molar-refractivity contribution in [1.29, 1.82) is 0 Å². The fourth-order valence-electron chi connectivity index (χ4n) is 7.94. The van der Waals surface area contributed by atoms with E-state index in [9.17, 15) is 0 Å². The minimum atomic E-state index is 0.911. The van der Waals surface area contributed by atoms with Gasteiger partial charge in [0, 0.05) is 16.3 Å². The van der Waals surface area contributed by atoms with Crippen molar-refractivity contribution in [3.05, 3.63) is 182 Å². The number of fused-ring (bicyclic) bond motifs is 6. The Morgan fingerprint density at radius 2 is 0.796 bits per heavy atom. The second-order valence-electron chi connectivity index (χ2n) is 12.8. The first-order valence-corrected chi connectivity index (χ1v) is 16.9. The van der Waals surface area contributed by atoms with E-state index in [0.717, 1.165) is 33.1 Å². The van der Waals surface area contributed by atoms with Gasteiger partial charge >= 0.3 is 0 Å². The molecule has 0 spiro atoms. The molecule has 0 aliphatic carbocycles. The van der Waals surface area contributed by atoms with Crippen LogP contribution in [-0.2, 0) is 0 Å². The zero-order valence-electron chi connectivity index (χ0n) is 26.7. The van der Waals surface area contributed by atoms with Gasteiger partial charge in [-0.1, -0.05) is 164 Å². The van der Waals surface area contributed by atoms with Crippen LogP contribution in [0, 0.1) is 0 Å². The molecule has 1 heteroatoms. The topological polar surface area (TPSA) is 13.1 Å². The molecule has 0 amide bonds. The number of hydrogen-bond acceptors (Lipinski definition) is 1. The van der Waals surface area contributed by atoms with Crippen molar-refractivity contribution < 1.29 is 4.42 Å². The van der Waals surface area contributed by atoms with Crippen LogP contribution in [0.4, 0.5) is 0 Å². The monoisotopic (exact) mass is 622 g/mol. The molecule has 0 aliphatic rings. The third-order valence-corrected chi connectivity index (χ3v) is 10.0. The molecule has 228 valence electrons. The lowest BCUT2D eigenvalue weighted by atomic mass is 9.83. The molecule has 10 rings (SSSR count). The Labute approximate surface area is 284 Å². The number of furan rings is 1. The summed E-state index contributed by atoms with van der Waals surface area (Å²) in [6.45, 7) is 0. The lowest BCUT2D eigenvalue weighted by Crippen LogP contribution is -1.93. The molecule has 0 saturated heterocycles. The molecular formula is C48H30O. The SMILES string of the molecule is c1ccc(-c2ccccc2-c2c3ccccc3c(-c3cccc(-c4c5ccccc5cc5c4oc4ccccc45)c3)c3ccccc23)cc1. The highest BCUT2D eigenvalue weighted by Gasteiger charge is 2.21. The molecule has 0 bridgehead atoms. The van der Waals surface area contributed by atoms with Crippen LogP contribution in [0.25, 0.3) is 98.8 Å². The Morgan fingerprint density at radius 3 is 1.51 bits per heavy atom. The Morgan fingerprint density at radius 1 is 0.286 bits per heavy atom. The van der Waals surface area contributed by atoms with Crippen LogP contribution in [0.15, 0.2) is 186 Å². The summed E-state index contributed by atoms with van der Waals surface area (Å²) >= 11 is 0. The van der Waals surface area contributed by atoms with E-state index in [4.69, 9.17) is 4.42 Å². The van der Waals surface area contributed by atoms with Gasteiger partial charge in [-0.3, -0.25) is 0 Å². The smallest absolute Gasteiger partial charge is 0.143 e. The second-order valence-corrected chi connectivity index (χ2v) is 12.8. The zero-order valence-corrected chi connectivity index (χ0v) is 26.7. The molecule has 49 heavy (non-hydrogen) atoms. The van der Waals surface area contributed by atoms with Gasteiger partial charge in [-0.2, -0.15) is 0 Å². The average Bonchev–Trinajstić information content (AvgIpc) is 3.54. The van der Waals surface area contributed by atoms with Crippen LogP contribution in [0.5, 0.6) is 0 Å². The molecule has 0 atom stereocenters. The van der Waals surface area contributed by atoms with Crippen molar-refractivity contribution in [3.63, 3.8) is 0 Å². The first kappa shape index (κ1) is 27.7. The van der Waals surface area contributed by atoms with E-state index < -0.39 is 0 Å². The van der Waals surface area contributed by atoms with E-state index in [1.54, 1.807) is 0 Å². The number of para-hydroxylation sites is 1. The van der Waals surface area contributed by atoms with Crippen molar-refractivity contribution in [1.82, 2.24) is 0 Å². The van der Waals surface area contributed by atoms with Gasteiger partial charge in [0.2, 0.25) is 0 Å². The number of benzene rings is 9. The van der Waals surface area contributed by atoms with E-state index in [1.165, 1.54) is 65.7 Å². The average molecular weight is 623 g/mol. The van der Waals surface area contributed by atoms with Gasteiger partial charge < -0.3 is 4.42 Å². The van der Waals surface area contributed by atoms with E-state index in [0.29, 0.717) is 0 Å². The van der Waals surface area contributed by atoms with Crippen LogP contribution in [0.2, 0.25) is 0 Å². The summed E-state index contributed by atoms with van der Waals surface area (Å²) in [6.07, 6.45) is 0. The van der Waals surface area contributed by atoms with Gasteiger partial charge in [-0.25, -0.2) is 0 Å². The lowest BCUT2D eigenvalue weighted by Gasteiger charge is -2.20. The van der Waals surface area contributed by atoms with Gasteiger partial charge in [0.15, 0.2) is 0 Å². The molecular weight excluding hydrogens is 593 g/mol. The summed E-state index contributed by atoms with van der Waals surface area (Å²) < 4.78 is 6.64. The van der Waals surface area contributed by atoms with Crippen LogP contribution < -0.4 is 0 Å². The minimum absolute atomic E-state index is 0.911. The predicted molar refractivity (Wildman–Crippen MR) is 208 cm³/mol. The molecule has 9 aromatic carbocycles. The highest BCUT2D eigenvalue weighted by atomic mass is 16.3. The maximum Gasteiger partial charge on any atom is 0.143 e. The summed E-state index contributed by atoms with van der Waals surface area (Å²) in [6, 6.07) is 65.7. The van der Waals surface area contributed by atoms with Gasteiger partial charge in [-0.15, -0.1) is 0 Å². The summed E-state index contributed by atoms with van der Waals surface area (Å²) in [5, 5.41) is 9.65. The molecule has 0 saturated carbocycles. The van der Waals surface area contributed by atoms with Gasteiger partial charge in [-0.05, 0) is 89.5 Å². The van der Waals surface area contributed by atoms with Gasteiger partial charge in [0.05, 0.1) is 0 Å². The van der Waals surface area contributed by atoms with Crippen molar-refractivity contribution in [2.75, 3.05) is 0 Å². The van der Waals surface area contributed by atoms with Crippen LogP contribution in [-0.4, -0.2) is 0 Å². The molecule has 0 radical (unpaired) electrons. The van der Waals surface area contributed by atoms with Gasteiger partial charge in [0.25, 0.3) is 0 Å². The van der Waals surface area contributed by atoms with Crippen molar-refractivity contribution in [3.8, 4) is 44.5 Å². The highest BCUT2D eigenvalue weighted by molar-refractivity contribution is 6.23. The lowest BCUT2D eigenvalue weighted by molar-refractivity contribution is 0.670. The maximum atomic E-state index is 6.64. The molecule has 10 aromatic rings. The standard InChI is InChI=1S/C48H30O/c1-2-15-31(16-3-1)35-20-6-7-23-38(35)47-41-26-10-8-24-39(41)45(40-25-9-11-27-42(40)47)33-18-14-19-34(29-33)46-36-21-5-4-17-32(36)30-43-37-22-12-13-28-44(37)49-48(43)46/h1-30H. The van der Waals surface area contributed by atoms with Gasteiger partial charge in [0.1, 0.15) is 11.2 Å². The minimum Gasteiger partial charge on any atom is -0.455 e. The molecule has 1 heterocycles. The molecule has 0 N–H and O–H groups in total. The molecule has 0 aliphatic heterocycles. The zero-order chi connectivity index (χ0) is 32.3. The van der Waals surface area contributed by atoms with Crippen LogP contribution in [0.1, 0.15) is 0 Å². The third-order valence-electron chi connectivity index (χ3n) is 10.0. The fourth-order valence-corrected chi connectivity index (χ4v) is 7.94. The summed E-state index contributed by atoms with van der Waals surface area (Å²) in [4.78, 5) is 0. The van der Waals surface area contributed by atoms with E-state index in [1.807, 2.05) is 6.07 Å². The van der Waals surface area contributed by atoms with E-state index >= 15 is 0 Å². The predicted octanol–water partition coefficient (Wildman–Crippen LogP) is 13.7. The molecule has 1 nitrogen and oxygen atoms in total. The first-order valence-electron chi connectivity index (χ1n) is 16.9. The summed E-state index contributed by atoms with van der Waals surface area (Å²) in [5.41, 5.74) is 11.5. The summed E-state index contributed by atoms with van der Waals surface area (Å²) in [5.74, 6) is 0. The molecule has 0 unspecified atom stereocenters. The molecule has 0 fully saturated rings. The normalized spacial score (nSPS) is 11.7. The Hall–Kier alpha value is -6.44. The summed E-state index contributed by atoms with van der Waals surface area (Å²) in [7, 11) is 0. The third kappa shape index (κ3) is 4.33. The quantitative estimate of drug-likeness (QED) is 0.178. The van der Waals surface area contributed by atoms with Crippen LogP contribution >= 0.6 is 0 Å². The van der Waals surface area contributed by atoms with Crippen molar-refractivity contribution >= 4 is 54.3 Å². The number of rotatable bonds is 4. The van der Waals surface area contributed by atoms with Crippen molar-refractivity contribution in [2.45, 2.75) is 0 Å². The molecule has 1 aromatic heterocycles. The van der Waals surface area contributed by atoms with E-state index in [2.05, 4.69) is 176 Å². The highest BCUT2D eigenvalue weighted by Crippen LogP contribution is 2.47. The Bertz CT molecular complexity index is 2820. The van der Waals surface area contributed by atoms with Crippen LogP contribution in [0.3, 0.4) is 0 Å². The Balaban J connectivity index is 1.27. The first-order chi connectivity index (χ1) is 24.3. The maximum absolute atomic E-state index is 6.64. The fraction of sp³-hybridized carbons (Fsp3) is 0. The number of hydrogen-bond donors (Lipinski definition) is 0. The van der Waals surface area contributed by atoms with E-state index in [-0.39, 0.29) is 0 Å². The second kappa shape index (κ2) is 11.1.